The smallest absolute Gasteiger partial charge is 0.339 e. The summed E-state index contributed by atoms with van der Waals surface area (Å²) in [6.07, 6.45) is 2.52. The Morgan fingerprint density at radius 1 is 1.11 bits per heavy atom. The summed E-state index contributed by atoms with van der Waals surface area (Å²) in [7, 11) is -3.83. The van der Waals surface area contributed by atoms with E-state index in [4.69, 9.17) is 14.9 Å². The number of carbonyl (C=O) groups excluding carboxylic acids is 2. The lowest BCUT2D eigenvalue weighted by molar-refractivity contribution is -0.119. The van der Waals surface area contributed by atoms with E-state index in [1.54, 1.807) is 0 Å². The summed E-state index contributed by atoms with van der Waals surface area (Å²) in [6.45, 7) is 6.13. The van der Waals surface area contributed by atoms with Gasteiger partial charge in [0.1, 0.15) is 0 Å². The molecule has 184 valence electrons. The zero-order valence-corrected chi connectivity index (χ0v) is 20.8. The number of para-hydroxylation sites is 1. The minimum Gasteiger partial charge on any atom is -0.452 e. The summed E-state index contributed by atoms with van der Waals surface area (Å²) in [5.74, 6) is -0.705. The van der Waals surface area contributed by atoms with Gasteiger partial charge >= 0.3 is 5.97 Å². The molecule has 35 heavy (non-hydrogen) atoms. The van der Waals surface area contributed by atoms with Gasteiger partial charge in [0.2, 0.25) is 10.0 Å². The number of esters is 1. The number of fused-ring (bicyclic) bond motifs is 2. The fraction of sp³-hybridized carbons (Fsp3) is 0.346. The Kier molecular flexibility index (Phi) is 6.66. The molecule has 0 fully saturated rings. The van der Waals surface area contributed by atoms with Crippen LogP contribution in [0, 0.1) is 11.3 Å². The molecule has 0 radical (unpaired) electrons. The van der Waals surface area contributed by atoms with E-state index in [1.165, 1.54) is 24.3 Å². The average molecular weight is 496 g/mol. The molecule has 0 bridgehead atoms. The Bertz CT molecular complexity index is 1390. The van der Waals surface area contributed by atoms with Crippen LogP contribution in [0.2, 0.25) is 0 Å². The van der Waals surface area contributed by atoms with E-state index in [2.05, 4.69) is 26.1 Å². The number of nitrogens with one attached hydrogen (secondary N) is 1. The lowest BCUT2D eigenvalue weighted by Gasteiger charge is -2.35. The maximum absolute atomic E-state index is 13.3. The second-order valence-electron chi connectivity index (χ2n) is 9.93. The second kappa shape index (κ2) is 9.39. The fourth-order valence-corrected chi connectivity index (χ4v) is 5.00. The van der Waals surface area contributed by atoms with Crippen molar-refractivity contribution in [2.75, 3.05) is 11.9 Å². The maximum atomic E-state index is 13.3. The maximum Gasteiger partial charge on any atom is 0.339 e. The molecule has 2 aromatic carbocycles. The number of nitrogens with two attached hydrogens (primary N) is 1. The van der Waals surface area contributed by atoms with Crippen LogP contribution in [0.1, 0.15) is 48.8 Å². The predicted octanol–water partition coefficient (Wildman–Crippen LogP) is 3.83. The number of aromatic nitrogens is 1. The van der Waals surface area contributed by atoms with Gasteiger partial charge in [0.15, 0.2) is 6.61 Å². The van der Waals surface area contributed by atoms with Crippen LogP contribution >= 0.6 is 0 Å². The third-order valence-electron chi connectivity index (χ3n) is 6.49. The third-order valence-corrected chi connectivity index (χ3v) is 7.42. The van der Waals surface area contributed by atoms with Crippen molar-refractivity contribution in [3.63, 3.8) is 0 Å². The molecule has 0 saturated heterocycles. The summed E-state index contributed by atoms with van der Waals surface area (Å²) >= 11 is 0. The number of rotatable bonds is 5. The number of aryl methyl sites for hydroxylation is 1. The van der Waals surface area contributed by atoms with Crippen molar-refractivity contribution >= 4 is 38.5 Å². The van der Waals surface area contributed by atoms with E-state index < -0.39 is 28.5 Å². The number of nitrogens with zero attached hydrogens (tertiary/aromatic N) is 1. The zero-order valence-electron chi connectivity index (χ0n) is 20.0. The van der Waals surface area contributed by atoms with Crippen LogP contribution in [0.5, 0.6) is 0 Å². The van der Waals surface area contributed by atoms with Gasteiger partial charge in [-0.1, -0.05) is 39.0 Å². The first kappa shape index (κ1) is 24.8. The van der Waals surface area contributed by atoms with Gasteiger partial charge in [0.25, 0.3) is 5.91 Å². The van der Waals surface area contributed by atoms with Gasteiger partial charge in [-0.25, -0.2) is 18.4 Å². The first-order valence-corrected chi connectivity index (χ1v) is 13.0. The first-order valence-electron chi connectivity index (χ1n) is 11.4. The van der Waals surface area contributed by atoms with Gasteiger partial charge in [-0.15, -0.1) is 0 Å². The molecule has 1 aliphatic carbocycles. The molecule has 1 amide bonds. The minimum absolute atomic E-state index is 0.0650. The summed E-state index contributed by atoms with van der Waals surface area (Å²) < 4.78 is 28.2. The number of anilines is 1. The van der Waals surface area contributed by atoms with Crippen molar-refractivity contribution in [3.05, 3.63) is 65.4 Å². The quantitative estimate of drug-likeness (QED) is 0.518. The summed E-state index contributed by atoms with van der Waals surface area (Å²) in [4.78, 5) is 30.5. The highest BCUT2D eigenvalue weighted by molar-refractivity contribution is 7.89. The van der Waals surface area contributed by atoms with E-state index in [-0.39, 0.29) is 10.3 Å². The third kappa shape index (κ3) is 5.52. The molecule has 0 saturated carbocycles. The lowest BCUT2D eigenvalue weighted by Crippen LogP contribution is -2.29. The van der Waals surface area contributed by atoms with Gasteiger partial charge in [-0.3, -0.25) is 9.78 Å². The number of sulfonamides is 1. The van der Waals surface area contributed by atoms with Gasteiger partial charge in [-0.2, -0.15) is 0 Å². The Balaban J connectivity index is 1.54. The molecule has 0 unspecified atom stereocenters. The normalized spacial score (nSPS) is 15.9. The molecule has 0 aliphatic heterocycles. The van der Waals surface area contributed by atoms with Crippen LogP contribution < -0.4 is 10.5 Å². The molecular formula is C26H29N3O5S. The van der Waals surface area contributed by atoms with E-state index in [9.17, 15) is 18.0 Å². The number of pyridine rings is 1. The number of ether oxygens (including phenoxy) is 1. The molecule has 9 heteroatoms. The van der Waals surface area contributed by atoms with Crippen molar-refractivity contribution in [1.29, 1.82) is 0 Å². The Morgan fingerprint density at radius 2 is 1.80 bits per heavy atom. The Morgan fingerprint density at radius 3 is 2.46 bits per heavy atom. The van der Waals surface area contributed by atoms with Crippen molar-refractivity contribution in [2.45, 2.75) is 44.9 Å². The molecule has 4 rings (SSSR count). The van der Waals surface area contributed by atoms with E-state index in [1.807, 2.05) is 24.3 Å². The SMILES string of the molecule is CC(C)(C)[C@H]1CCc2nc3ccccc3c(C(=O)OCC(=O)Nc3ccc(S(N)(=O)=O)cc3)c2C1. The molecule has 1 heterocycles. The molecule has 1 atom stereocenters. The molecule has 8 nitrogen and oxygen atoms in total. The van der Waals surface area contributed by atoms with E-state index in [0.717, 1.165) is 36.0 Å². The predicted molar refractivity (Wildman–Crippen MR) is 133 cm³/mol. The summed E-state index contributed by atoms with van der Waals surface area (Å²) in [5, 5.41) is 8.39. The van der Waals surface area contributed by atoms with Crippen LogP contribution in [0.15, 0.2) is 53.4 Å². The molecule has 3 N–H and O–H groups in total. The van der Waals surface area contributed by atoms with Gasteiger partial charge in [-0.05, 0) is 66.5 Å². The number of amides is 1. The minimum atomic E-state index is -3.83. The first-order chi connectivity index (χ1) is 16.4. The van der Waals surface area contributed by atoms with Gasteiger partial charge < -0.3 is 10.1 Å². The number of primary sulfonamides is 1. The van der Waals surface area contributed by atoms with E-state index >= 15 is 0 Å². The van der Waals surface area contributed by atoms with Crippen molar-refractivity contribution in [3.8, 4) is 0 Å². The number of hydrogen-bond acceptors (Lipinski definition) is 6. The lowest BCUT2D eigenvalue weighted by atomic mass is 9.70. The topological polar surface area (TPSA) is 128 Å². The van der Waals surface area contributed by atoms with Crippen LogP contribution in [0.3, 0.4) is 0 Å². The highest BCUT2D eigenvalue weighted by Gasteiger charge is 2.33. The monoisotopic (exact) mass is 495 g/mol. The number of benzene rings is 2. The van der Waals surface area contributed by atoms with Crippen molar-refractivity contribution in [1.82, 2.24) is 4.98 Å². The van der Waals surface area contributed by atoms with Crippen LogP contribution in [-0.2, 0) is 32.4 Å². The highest BCUT2D eigenvalue weighted by atomic mass is 32.2. The summed E-state index contributed by atoms with van der Waals surface area (Å²) in [5.41, 5.74) is 3.47. The molecule has 0 spiro atoms. The zero-order chi connectivity index (χ0) is 25.4. The largest absolute Gasteiger partial charge is 0.452 e. The van der Waals surface area contributed by atoms with Crippen molar-refractivity contribution in [2.24, 2.45) is 16.5 Å². The molecule has 3 aromatic rings. The molecule has 1 aromatic heterocycles. The number of hydrogen-bond donors (Lipinski definition) is 2. The standard InChI is InChI=1S/C26H29N3O5S/c1-26(2,3)16-8-13-22-20(14-16)24(19-6-4-5-7-21(19)29-22)25(31)34-15-23(30)28-17-9-11-18(12-10-17)35(27,32)33/h4-7,9-12,16H,8,13-15H2,1-3H3,(H,28,30)(H2,27,32,33)/t16-/m0/s1. The fourth-order valence-electron chi connectivity index (χ4n) is 4.49. The summed E-state index contributed by atoms with van der Waals surface area (Å²) in [6, 6.07) is 12.9. The Hall–Kier alpha value is -3.30. The second-order valence-corrected chi connectivity index (χ2v) is 11.5. The number of carbonyl (C=O) groups is 2. The van der Waals surface area contributed by atoms with Crippen molar-refractivity contribution < 1.29 is 22.7 Å². The molecule has 1 aliphatic rings. The van der Waals surface area contributed by atoms with E-state index in [0.29, 0.717) is 22.6 Å². The van der Waals surface area contributed by atoms with Crippen LogP contribution in [-0.4, -0.2) is 31.9 Å². The highest BCUT2D eigenvalue weighted by Crippen LogP contribution is 2.39. The average Bonchev–Trinajstić information content (AvgIpc) is 2.79. The molecular weight excluding hydrogens is 466 g/mol. The van der Waals surface area contributed by atoms with Gasteiger partial charge in [0.05, 0.1) is 16.0 Å². The van der Waals surface area contributed by atoms with Crippen LogP contribution in [0.4, 0.5) is 5.69 Å². The Labute approximate surface area is 204 Å². The van der Waals surface area contributed by atoms with Gasteiger partial charge in [0, 0.05) is 16.8 Å². The van der Waals surface area contributed by atoms with Crippen LogP contribution in [0.25, 0.3) is 10.9 Å².